The Morgan fingerprint density at radius 2 is 1.88 bits per heavy atom. The first kappa shape index (κ1) is 13.2. The Bertz CT molecular complexity index is 269. The largest absolute Gasteiger partial charge is 0.327 e. The van der Waals surface area contributed by atoms with Crippen molar-refractivity contribution < 1.29 is 0 Å². The van der Waals surface area contributed by atoms with E-state index in [0.717, 1.165) is 25.9 Å². The zero-order chi connectivity index (χ0) is 11.8. The number of nitrogens with one attached hydrogen (secondary N) is 1. The van der Waals surface area contributed by atoms with Gasteiger partial charge in [0.1, 0.15) is 0 Å². The second kappa shape index (κ2) is 7.42. The van der Waals surface area contributed by atoms with Crippen LogP contribution in [0.3, 0.4) is 0 Å². The summed E-state index contributed by atoms with van der Waals surface area (Å²) < 4.78 is 0. The molecule has 0 heterocycles. The van der Waals surface area contributed by atoms with Gasteiger partial charge in [-0.25, -0.2) is 0 Å². The molecular weight excluding hydrogens is 196 g/mol. The van der Waals surface area contributed by atoms with E-state index >= 15 is 0 Å². The van der Waals surface area contributed by atoms with Crippen molar-refractivity contribution in [2.24, 2.45) is 11.7 Å². The Morgan fingerprint density at radius 3 is 2.50 bits per heavy atom. The van der Waals surface area contributed by atoms with E-state index in [1.807, 2.05) is 0 Å². The van der Waals surface area contributed by atoms with Crippen molar-refractivity contribution in [3.63, 3.8) is 0 Å². The van der Waals surface area contributed by atoms with E-state index in [1.165, 1.54) is 5.56 Å². The Morgan fingerprint density at radius 1 is 1.19 bits per heavy atom. The van der Waals surface area contributed by atoms with E-state index in [0.29, 0.717) is 5.92 Å². The zero-order valence-electron chi connectivity index (χ0n) is 10.4. The normalized spacial score (nSPS) is 13.0. The third-order valence-corrected chi connectivity index (χ3v) is 2.61. The zero-order valence-corrected chi connectivity index (χ0v) is 10.4. The van der Waals surface area contributed by atoms with Gasteiger partial charge in [0, 0.05) is 12.6 Å². The van der Waals surface area contributed by atoms with Gasteiger partial charge in [-0.3, -0.25) is 0 Å². The molecule has 0 aliphatic carbocycles. The van der Waals surface area contributed by atoms with Gasteiger partial charge < -0.3 is 11.1 Å². The van der Waals surface area contributed by atoms with E-state index < -0.39 is 0 Å². The maximum absolute atomic E-state index is 5.99. The van der Waals surface area contributed by atoms with Crippen LogP contribution in [0.1, 0.15) is 25.8 Å². The van der Waals surface area contributed by atoms with Gasteiger partial charge >= 0.3 is 0 Å². The molecule has 1 aromatic carbocycles. The van der Waals surface area contributed by atoms with Gasteiger partial charge in [-0.05, 0) is 30.9 Å². The second-order valence-electron chi connectivity index (χ2n) is 4.83. The molecule has 1 atom stereocenters. The second-order valence-corrected chi connectivity index (χ2v) is 4.83. The Hall–Kier alpha value is -0.860. The highest BCUT2D eigenvalue weighted by atomic mass is 14.9. The third-order valence-electron chi connectivity index (χ3n) is 2.61. The van der Waals surface area contributed by atoms with Crippen molar-refractivity contribution >= 4 is 0 Å². The van der Waals surface area contributed by atoms with Crippen LogP contribution in [0.2, 0.25) is 0 Å². The van der Waals surface area contributed by atoms with Gasteiger partial charge in [0.15, 0.2) is 0 Å². The van der Waals surface area contributed by atoms with Gasteiger partial charge in [0.05, 0.1) is 0 Å². The van der Waals surface area contributed by atoms with Crippen LogP contribution in [0.15, 0.2) is 30.3 Å². The molecule has 0 radical (unpaired) electrons. The van der Waals surface area contributed by atoms with E-state index in [-0.39, 0.29) is 6.04 Å². The number of hydrogen-bond donors (Lipinski definition) is 2. The lowest BCUT2D eigenvalue weighted by Gasteiger charge is -2.14. The van der Waals surface area contributed by atoms with Gasteiger partial charge in [0.2, 0.25) is 0 Å². The molecule has 1 rings (SSSR count). The maximum Gasteiger partial charge on any atom is 0.0167 e. The van der Waals surface area contributed by atoms with E-state index in [2.05, 4.69) is 49.5 Å². The molecule has 1 aromatic rings. The van der Waals surface area contributed by atoms with Crippen LogP contribution in [0.4, 0.5) is 0 Å². The maximum atomic E-state index is 5.99. The minimum Gasteiger partial charge on any atom is -0.327 e. The van der Waals surface area contributed by atoms with Crippen molar-refractivity contribution in [2.75, 3.05) is 13.1 Å². The highest BCUT2D eigenvalue weighted by Crippen LogP contribution is 2.02. The summed E-state index contributed by atoms with van der Waals surface area (Å²) in [6.07, 6.45) is 2.17. The lowest BCUT2D eigenvalue weighted by atomic mass is 10.0. The Balaban J connectivity index is 2.08. The van der Waals surface area contributed by atoms with E-state index in [9.17, 15) is 0 Å². The number of nitrogens with two attached hydrogens (primary N) is 1. The lowest BCUT2D eigenvalue weighted by molar-refractivity contribution is 0.469. The standard InChI is InChI=1S/C14H24N2/c1-12(2)10-14(15)11-16-9-8-13-6-4-3-5-7-13/h3-7,12,14,16H,8-11,15H2,1-2H3. The number of rotatable bonds is 7. The average Bonchev–Trinajstić information content (AvgIpc) is 2.25. The van der Waals surface area contributed by atoms with Gasteiger partial charge in [-0.15, -0.1) is 0 Å². The van der Waals surface area contributed by atoms with Crippen molar-refractivity contribution in [3.8, 4) is 0 Å². The third kappa shape index (κ3) is 5.89. The minimum absolute atomic E-state index is 0.288. The molecule has 0 fully saturated rings. The summed E-state index contributed by atoms with van der Waals surface area (Å²) in [6.45, 7) is 6.36. The number of hydrogen-bond acceptors (Lipinski definition) is 2. The summed E-state index contributed by atoms with van der Waals surface area (Å²) in [7, 11) is 0. The summed E-state index contributed by atoms with van der Waals surface area (Å²) in [5.41, 5.74) is 7.37. The monoisotopic (exact) mass is 220 g/mol. The fourth-order valence-electron chi connectivity index (χ4n) is 1.85. The average molecular weight is 220 g/mol. The predicted octanol–water partition coefficient (Wildman–Crippen LogP) is 2.19. The number of benzene rings is 1. The van der Waals surface area contributed by atoms with Crippen LogP contribution in [-0.2, 0) is 6.42 Å². The molecule has 90 valence electrons. The molecule has 1 unspecified atom stereocenters. The Kier molecular flexibility index (Phi) is 6.12. The van der Waals surface area contributed by atoms with Crippen LogP contribution >= 0.6 is 0 Å². The van der Waals surface area contributed by atoms with Gasteiger partial charge in [-0.1, -0.05) is 44.2 Å². The molecule has 0 aliphatic heterocycles. The smallest absolute Gasteiger partial charge is 0.0167 e. The molecule has 16 heavy (non-hydrogen) atoms. The molecule has 3 N–H and O–H groups in total. The minimum atomic E-state index is 0.288. The first-order chi connectivity index (χ1) is 7.68. The van der Waals surface area contributed by atoms with E-state index in [1.54, 1.807) is 0 Å². The first-order valence-corrected chi connectivity index (χ1v) is 6.18. The molecule has 0 aromatic heterocycles. The predicted molar refractivity (Wildman–Crippen MR) is 70.4 cm³/mol. The summed E-state index contributed by atoms with van der Waals surface area (Å²) in [4.78, 5) is 0. The van der Waals surface area contributed by atoms with Crippen LogP contribution in [-0.4, -0.2) is 19.1 Å². The fraction of sp³-hybridized carbons (Fsp3) is 0.571. The van der Waals surface area contributed by atoms with Crippen LogP contribution in [0, 0.1) is 5.92 Å². The summed E-state index contributed by atoms with van der Waals surface area (Å²) in [5, 5.41) is 3.41. The van der Waals surface area contributed by atoms with Gasteiger partial charge in [0.25, 0.3) is 0 Å². The SMILES string of the molecule is CC(C)CC(N)CNCCc1ccccc1. The van der Waals surface area contributed by atoms with Crippen molar-refractivity contribution in [2.45, 2.75) is 32.7 Å². The van der Waals surface area contributed by atoms with Crippen LogP contribution in [0.25, 0.3) is 0 Å². The topological polar surface area (TPSA) is 38.0 Å². The first-order valence-electron chi connectivity index (χ1n) is 6.18. The molecule has 0 bridgehead atoms. The van der Waals surface area contributed by atoms with E-state index in [4.69, 9.17) is 5.73 Å². The van der Waals surface area contributed by atoms with Gasteiger partial charge in [-0.2, -0.15) is 0 Å². The summed E-state index contributed by atoms with van der Waals surface area (Å²) >= 11 is 0. The molecule has 0 amide bonds. The van der Waals surface area contributed by atoms with Crippen molar-refractivity contribution in [3.05, 3.63) is 35.9 Å². The molecule has 0 saturated carbocycles. The molecule has 0 aliphatic rings. The summed E-state index contributed by atoms with van der Waals surface area (Å²) in [5.74, 6) is 0.686. The van der Waals surface area contributed by atoms with Crippen molar-refractivity contribution in [1.82, 2.24) is 5.32 Å². The molecule has 0 saturated heterocycles. The molecule has 2 heteroatoms. The van der Waals surface area contributed by atoms with Crippen LogP contribution in [0.5, 0.6) is 0 Å². The quantitative estimate of drug-likeness (QED) is 0.691. The summed E-state index contributed by atoms with van der Waals surface area (Å²) in [6, 6.07) is 10.8. The molecular formula is C14H24N2. The Labute approximate surface area is 99.2 Å². The molecule has 2 nitrogen and oxygen atoms in total. The highest BCUT2D eigenvalue weighted by Gasteiger charge is 2.04. The van der Waals surface area contributed by atoms with Crippen LogP contribution < -0.4 is 11.1 Å². The highest BCUT2D eigenvalue weighted by molar-refractivity contribution is 5.14. The molecule has 0 spiro atoms. The lowest BCUT2D eigenvalue weighted by Crippen LogP contribution is -2.35. The fourth-order valence-corrected chi connectivity index (χ4v) is 1.85. The van der Waals surface area contributed by atoms with Crippen molar-refractivity contribution in [1.29, 1.82) is 0 Å².